The first kappa shape index (κ1) is 15.5. The number of rotatable bonds is 5. The van der Waals surface area contributed by atoms with E-state index in [4.69, 9.17) is 30.2 Å². The van der Waals surface area contributed by atoms with Crippen molar-refractivity contribution in [2.24, 2.45) is 0 Å². The van der Waals surface area contributed by atoms with Gasteiger partial charge in [-0.15, -0.1) is 0 Å². The van der Waals surface area contributed by atoms with Crippen molar-refractivity contribution >= 4 is 13.8 Å². The molecule has 0 spiro atoms. The van der Waals surface area contributed by atoms with Gasteiger partial charge >= 0.3 is 13.8 Å². The molecule has 4 atom stereocenters. The van der Waals surface area contributed by atoms with Crippen LogP contribution in [0.2, 0.25) is 0 Å². The van der Waals surface area contributed by atoms with Crippen LogP contribution in [0.3, 0.4) is 0 Å². The van der Waals surface area contributed by atoms with Crippen molar-refractivity contribution in [3.8, 4) is 0 Å². The van der Waals surface area contributed by atoms with Gasteiger partial charge in [-0.25, -0.2) is 9.36 Å². The number of carbonyl (C=O) groups excluding carboxylic acids is 1. The third-order valence-electron chi connectivity index (χ3n) is 1.62. The van der Waals surface area contributed by atoms with Gasteiger partial charge in [-0.2, -0.15) is 0 Å². The highest BCUT2D eigenvalue weighted by Gasteiger charge is 2.36. The van der Waals surface area contributed by atoms with Crippen molar-refractivity contribution in [3.05, 3.63) is 0 Å². The molecule has 0 aliphatic carbocycles. The molecule has 0 saturated heterocycles. The smallest absolute Gasteiger partial charge is 0.391 e. The highest BCUT2D eigenvalue weighted by Crippen LogP contribution is 2.36. The van der Waals surface area contributed by atoms with Crippen LogP contribution in [-0.2, 0) is 13.9 Å². The SMILES string of the molecule is C[C@@H](O)[C@@H](O)[C@H](O)[C@H](O)C(=O)OP(=O)(O)O. The third kappa shape index (κ3) is 4.99. The first-order chi connectivity index (χ1) is 7.06. The zero-order valence-corrected chi connectivity index (χ0v) is 9.06. The molecule has 16 heavy (non-hydrogen) atoms. The van der Waals surface area contributed by atoms with Gasteiger partial charge in [-0.05, 0) is 6.92 Å². The summed E-state index contributed by atoms with van der Waals surface area (Å²) in [7, 11) is -5.13. The summed E-state index contributed by atoms with van der Waals surface area (Å²) >= 11 is 0. The van der Waals surface area contributed by atoms with Gasteiger partial charge in [0.2, 0.25) is 0 Å². The number of phosphoric ester groups is 1. The lowest BCUT2D eigenvalue weighted by Crippen LogP contribution is -2.47. The second-order valence-corrected chi connectivity index (χ2v) is 4.23. The summed E-state index contributed by atoms with van der Waals surface area (Å²) in [4.78, 5) is 27.3. The van der Waals surface area contributed by atoms with Crippen molar-refractivity contribution in [1.29, 1.82) is 0 Å². The molecule has 10 heteroatoms. The zero-order chi connectivity index (χ0) is 13.1. The highest BCUT2D eigenvalue weighted by molar-refractivity contribution is 7.46. The number of hydrogen-bond acceptors (Lipinski definition) is 7. The summed E-state index contributed by atoms with van der Waals surface area (Å²) in [6.07, 6.45) is -7.82. The Bertz CT molecular complexity index is 284. The van der Waals surface area contributed by atoms with Crippen LogP contribution in [0.15, 0.2) is 0 Å². The summed E-state index contributed by atoms with van der Waals surface area (Å²) in [6.45, 7) is 1.08. The monoisotopic (exact) mass is 260 g/mol. The normalized spacial score (nSPS) is 19.7. The lowest BCUT2D eigenvalue weighted by molar-refractivity contribution is -0.160. The standard InChI is InChI=1S/C6H13O9P/c1-2(7)3(8)4(9)5(10)6(11)15-16(12,13)14/h2-5,7-10H,1H3,(H2,12,13,14)/t2-,3-,4+,5+/m1/s1. The van der Waals surface area contributed by atoms with Crippen molar-refractivity contribution in [2.75, 3.05) is 0 Å². The summed E-state index contributed by atoms with van der Waals surface area (Å²) in [5.74, 6) is -1.81. The number of aliphatic hydroxyl groups excluding tert-OH is 4. The summed E-state index contributed by atoms with van der Waals surface area (Å²) in [5, 5.41) is 36.0. The second-order valence-electron chi connectivity index (χ2n) is 3.07. The van der Waals surface area contributed by atoms with Crippen LogP contribution in [0, 0.1) is 0 Å². The van der Waals surface area contributed by atoms with E-state index in [2.05, 4.69) is 4.52 Å². The minimum absolute atomic E-state index is 1.08. The Morgan fingerprint density at radius 2 is 1.56 bits per heavy atom. The second kappa shape index (κ2) is 5.69. The maximum Gasteiger partial charge on any atom is 0.527 e. The van der Waals surface area contributed by atoms with Gasteiger partial charge < -0.3 is 24.9 Å². The molecule has 0 bridgehead atoms. The molecule has 0 aliphatic rings. The Balaban J connectivity index is 4.50. The molecule has 0 aromatic rings. The Morgan fingerprint density at radius 1 is 1.12 bits per heavy atom. The summed E-state index contributed by atoms with van der Waals surface area (Å²) in [6, 6.07) is 0. The topological polar surface area (TPSA) is 165 Å². The van der Waals surface area contributed by atoms with Crippen LogP contribution < -0.4 is 0 Å². The Morgan fingerprint density at radius 3 is 1.88 bits per heavy atom. The minimum Gasteiger partial charge on any atom is -0.391 e. The quantitative estimate of drug-likeness (QED) is 0.284. The number of hydrogen-bond donors (Lipinski definition) is 6. The highest BCUT2D eigenvalue weighted by atomic mass is 31.2. The maximum absolute atomic E-state index is 10.8. The molecule has 9 nitrogen and oxygen atoms in total. The van der Waals surface area contributed by atoms with E-state index in [1.165, 1.54) is 0 Å². The number of carbonyl (C=O) groups is 1. The fourth-order valence-corrected chi connectivity index (χ4v) is 1.13. The molecular formula is C6H13O9P. The van der Waals surface area contributed by atoms with E-state index in [9.17, 15) is 9.36 Å². The van der Waals surface area contributed by atoms with Gasteiger partial charge in [0.25, 0.3) is 0 Å². The van der Waals surface area contributed by atoms with Crippen LogP contribution in [0.25, 0.3) is 0 Å². The molecule has 0 unspecified atom stereocenters. The van der Waals surface area contributed by atoms with Crippen molar-refractivity contribution in [2.45, 2.75) is 31.3 Å². The first-order valence-corrected chi connectivity index (χ1v) is 5.60. The van der Waals surface area contributed by atoms with Gasteiger partial charge in [0.1, 0.15) is 12.2 Å². The molecule has 6 N–H and O–H groups in total. The number of aliphatic hydroxyl groups is 4. The van der Waals surface area contributed by atoms with Gasteiger partial charge in [0.05, 0.1) is 6.10 Å². The molecule has 0 fully saturated rings. The first-order valence-electron chi connectivity index (χ1n) is 4.07. The van der Waals surface area contributed by atoms with E-state index in [1.54, 1.807) is 0 Å². The summed E-state index contributed by atoms with van der Waals surface area (Å²) < 4.78 is 13.7. The molecule has 96 valence electrons. The minimum atomic E-state index is -5.13. The van der Waals surface area contributed by atoms with Crippen LogP contribution in [0.5, 0.6) is 0 Å². The molecule has 0 rings (SSSR count). The van der Waals surface area contributed by atoms with E-state index in [1.807, 2.05) is 0 Å². The van der Waals surface area contributed by atoms with Gasteiger partial charge in [-0.3, -0.25) is 9.79 Å². The Labute approximate surface area is 90.2 Å². The van der Waals surface area contributed by atoms with E-state index in [-0.39, 0.29) is 0 Å². The van der Waals surface area contributed by atoms with Crippen LogP contribution in [0.1, 0.15) is 6.92 Å². The number of phosphoric acid groups is 1. The third-order valence-corrected chi connectivity index (χ3v) is 2.04. The van der Waals surface area contributed by atoms with Crippen molar-refractivity contribution in [1.82, 2.24) is 0 Å². The van der Waals surface area contributed by atoms with Crippen LogP contribution in [0.4, 0.5) is 0 Å². The lowest BCUT2D eigenvalue weighted by atomic mass is 10.0. The lowest BCUT2D eigenvalue weighted by Gasteiger charge is -2.23. The van der Waals surface area contributed by atoms with E-state index < -0.39 is 38.2 Å². The average Bonchev–Trinajstić information content (AvgIpc) is 2.11. The molecule has 0 aliphatic heterocycles. The summed E-state index contributed by atoms with van der Waals surface area (Å²) in [5.41, 5.74) is 0. The molecule has 0 amide bonds. The molecule has 0 radical (unpaired) electrons. The van der Waals surface area contributed by atoms with Gasteiger partial charge in [-0.1, -0.05) is 0 Å². The average molecular weight is 260 g/mol. The fraction of sp³-hybridized carbons (Fsp3) is 0.833. The van der Waals surface area contributed by atoms with E-state index in [0.29, 0.717) is 0 Å². The van der Waals surface area contributed by atoms with Crippen LogP contribution in [-0.4, -0.2) is 60.6 Å². The predicted molar refractivity (Wildman–Crippen MR) is 47.8 cm³/mol. The van der Waals surface area contributed by atoms with Gasteiger partial charge in [0, 0.05) is 0 Å². The van der Waals surface area contributed by atoms with Crippen molar-refractivity contribution < 1.29 is 44.1 Å². The molecule has 0 aromatic heterocycles. The van der Waals surface area contributed by atoms with Crippen LogP contribution >= 0.6 is 7.82 Å². The molecule has 0 heterocycles. The fourth-order valence-electron chi connectivity index (χ4n) is 0.783. The predicted octanol–water partition coefficient (Wildman–Crippen LogP) is -2.91. The van der Waals surface area contributed by atoms with E-state index in [0.717, 1.165) is 6.92 Å². The van der Waals surface area contributed by atoms with Crippen molar-refractivity contribution in [3.63, 3.8) is 0 Å². The van der Waals surface area contributed by atoms with Gasteiger partial charge in [0.15, 0.2) is 6.10 Å². The molecule has 0 saturated carbocycles. The largest absolute Gasteiger partial charge is 0.527 e. The maximum atomic E-state index is 10.8. The molecule has 0 aromatic carbocycles. The zero-order valence-electron chi connectivity index (χ0n) is 8.16. The van der Waals surface area contributed by atoms with E-state index >= 15 is 0 Å². The Hall–Kier alpha value is -0.540. The molecular weight excluding hydrogens is 247 g/mol. The Kier molecular flexibility index (Phi) is 5.50.